The van der Waals surface area contributed by atoms with E-state index in [1.165, 1.54) is 26.4 Å². The quantitative estimate of drug-likeness (QED) is 0.554. The highest BCUT2D eigenvalue weighted by Gasteiger charge is 2.29. The van der Waals surface area contributed by atoms with E-state index in [2.05, 4.69) is 16.2 Å². The molecule has 0 saturated carbocycles. The average molecular weight is 422 g/mol. The van der Waals surface area contributed by atoms with Crippen LogP contribution >= 0.6 is 0 Å². The number of rotatable bonds is 4. The Morgan fingerprint density at radius 1 is 0.867 bits per heavy atom. The molecule has 0 bridgehead atoms. The van der Waals surface area contributed by atoms with E-state index >= 15 is 0 Å². The molecule has 0 heterocycles. The first-order chi connectivity index (χ1) is 14.3. The zero-order chi connectivity index (χ0) is 21.8. The molecule has 0 spiro atoms. The van der Waals surface area contributed by atoms with Gasteiger partial charge >= 0.3 is 0 Å². The van der Waals surface area contributed by atoms with Gasteiger partial charge < -0.3 is 9.47 Å². The summed E-state index contributed by atoms with van der Waals surface area (Å²) in [5, 5.41) is 0. The van der Waals surface area contributed by atoms with Crippen LogP contribution in [0.25, 0.3) is 0 Å². The number of allylic oxidation sites excluding steroid dienone is 2. The lowest BCUT2D eigenvalue weighted by Crippen LogP contribution is -2.32. The summed E-state index contributed by atoms with van der Waals surface area (Å²) in [4.78, 5) is 0.121. The van der Waals surface area contributed by atoms with Crippen LogP contribution in [0.5, 0.6) is 0 Å². The average Bonchev–Trinajstić information content (AvgIpc) is 2.74. The normalized spacial score (nSPS) is 16.7. The summed E-state index contributed by atoms with van der Waals surface area (Å²) in [7, 11) is -0.901. The van der Waals surface area contributed by atoms with Gasteiger partial charge in [0.05, 0.1) is 16.2 Å². The SMILES string of the molecule is COC1(OC)C=C/C(=N\S(=O)(=O)c2ccc(C)cc2)C(C#Cc2ccc(C)cc2)=C1. The standard InChI is InChI=1S/C24H23NO4S/c1-18-5-9-20(10-6-18)11-12-21-17-24(28-3,29-4)16-15-23(21)25-30(26,27)22-13-7-19(2)8-14-22/h5-10,13-17H,1-4H3/b25-23+. The minimum atomic E-state index is -3.90. The number of sulfonamides is 1. The van der Waals surface area contributed by atoms with Crippen molar-refractivity contribution in [3.05, 3.63) is 89.0 Å². The first-order valence-corrected chi connectivity index (χ1v) is 10.7. The van der Waals surface area contributed by atoms with E-state index in [1.807, 2.05) is 38.1 Å². The van der Waals surface area contributed by atoms with Gasteiger partial charge in [-0.25, -0.2) is 0 Å². The summed E-state index contributed by atoms with van der Waals surface area (Å²) in [5.41, 5.74) is 3.52. The largest absolute Gasteiger partial charge is 0.346 e. The number of methoxy groups -OCH3 is 2. The second-order valence-corrected chi connectivity index (χ2v) is 8.51. The number of benzene rings is 2. The van der Waals surface area contributed by atoms with Crippen molar-refractivity contribution in [3.63, 3.8) is 0 Å². The van der Waals surface area contributed by atoms with Crippen LogP contribution in [0.15, 0.2) is 81.6 Å². The third-order valence-corrected chi connectivity index (χ3v) is 5.97. The van der Waals surface area contributed by atoms with Gasteiger partial charge in [0, 0.05) is 19.8 Å². The van der Waals surface area contributed by atoms with E-state index in [0.29, 0.717) is 5.57 Å². The van der Waals surface area contributed by atoms with Crippen molar-refractivity contribution in [2.75, 3.05) is 14.2 Å². The Kier molecular flexibility index (Phi) is 6.37. The molecule has 5 nitrogen and oxygen atoms in total. The number of aryl methyl sites for hydroxylation is 2. The van der Waals surface area contributed by atoms with Gasteiger partial charge in [0.25, 0.3) is 10.0 Å². The molecule has 154 valence electrons. The molecule has 6 heteroatoms. The van der Waals surface area contributed by atoms with Crippen molar-refractivity contribution in [1.82, 2.24) is 0 Å². The molecule has 2 aromatic rings. The van der Waals surface area contributed by atoms with Gasteiger partial charge in [-0.3, -0.25) is 0 Å². The zero-order valence-electron chi connectivity index (χ0n) is 17.3. The molecular formula is C24H23NO4S. The van der Waals surface area contributed by atoms with Crippen molar-refractivity contribution in [2.45, 2.75) is 24.5 Å². The molecule has 0 saturated heterocycles. The predicted octanol–water partition coefficient (Wildman–Crippen LogP) is 3.97. The maximum Gasteiger partial charge on any atom is 0.282 e. The molecular weight excluding hydrogens is 398 g/mol. The number of hydrogen-bond donors (Lipinski definition) is 0. The van der Waals surface area contributed by atoms with Crippen LogP contribution in [-0.2, 0) is 19.5 Å². The number of hydrogen-bond acceptors (Lipinski definition) is 4. The Bertz CT molecular complexity index is 1170. The molecule has 30 heavy (non-hydrogen) atoms. The van der Waals surface area contributed by atoms with Crippen molar-refractivity contribution in [1.29, 1.82) is 0 Å². The topological polar surface area (TPSA) is 65.0 Å². The fourth-order valence-corrected chi connectivity index (χ4v) is 3.80. The molecule has 0 fully saturated rings. The Balaban J connectivity index is 2.06. The lowest BCUT2D eigenvalue weighted by molar-refractivity contribution is -0.133. The van der Waals surface area contributed by atoms with Crippen molar-refractivity contribution < 1.29 is 17.9 Å². The molecule has 1 aliphatic carbocycles. The third kappa shape index (κ3) is 4.95. The fraction of sp³-hybridized carbons (Fsp3) is 0.208. The molecule has 3 rings (SSSR count). The van der Waals surface area contributed by atoms with Crippen LogP contribution in [0.4, 0.5) is 0 Å². The Labute approximate surface area is 177 Å². The van der Waals surface area contributed by atoms with Crippen LogP contribution in [0.3, 0.4) is 0 Å². The molecule has 2 aromatic carbocycles. The molecule has 0 N–H and O–H groups in total. The van der Waals surface area contributed by atoms with E-state index in [9.17, 15) is 8.42 Å². The summed E-state index contributed by atoms with van der Waals surface area (Å²) in [6.45, 7) is 3.89. The molecule has 0 amide bonds. The maximum atomic E-state index is 12.8. The molecule has 0 aromatic heterocycles. The Morgan fingerprint density at radius 2 is 1.43 bits per heavy atom. The van der Waals surface area contributed by atoms with Crippen molar-refractivity contribution >= 4 is 15.7 Å². The van der Waals surface area contributed by atoms with Crippen LogP contribution in [0.1, 0.15) is 16.7 Å². The van der Waals surface area contributed by atoms with Crippen LogP contribution in [0.2, 0.25) is 0 Å². The fourth-order valence-electron chi connectivity index (χ4n) is 2.79. The van der Waals surface area contributed by atoms with E-state index in [-0.39, 0.29) is 10.6 Å². The summed E-state index contributed by atoms with van der Waals surface area (Å²) in [6.07, 6.45) is 4.78. The van der Waals surface area contributed by atoms with Crippen molar-refractivity contribution in [2.24, 2.45) is 4.40 Å². The van der Waals surface area contributed by atoms with E-state index in [4.69, 9.17) is 9.47 Å². The Morgan fingerprint density at radius 3 is 2.00 bits per heavy atom. The van der Waals surface area contributed by atoms with E-state index in [1.54, 1.807) is 30.4 Å². The summed E-state index contributed by atoms with van der Waals surface area (Å²) < 4.78 is 40.5. The first-order valence-electron chi connectivity index (χ1n) is 9.30. The smallest absolute Gasteiger partial charge is 0.282 e. The molecule has 1 aliphatic rings. The van der Waals surface area contributed by atoms with Gasteiger partial charge in [-0.2, -0.15) is 12.8 Å². The third-order valence-electron chi connectivity index (χ3n) is 4.66. The monoisotopic (exact) mass is 421 g/mol. The van der Waals surface area contributed by atoms with Crippen LogP contribution in [0, 0.1) is 25.7 Å². The van der Waals surface area contributed by atoms with Gasteiger partial charge in [0.1, 0.15) is 0 Å². The highest BCUT2D eigenvalue weighted by Crippen LogP contribution is 2.25. The van der Waals surface area contributed by atoms with Gasteiger partial charge in [0.2, 0.25) is 5.79 Å². The minimum absolute atomic E-state index is 0.121. The van der Waals surface area contributed by atoms with Crippen LogP contribution in [-0.4, -0.2) is 34.1 Å². The minimum Gasteiger partial charge on any atom is -0.346 e. The first kappa shape index (κ1) is 21.7. The van der Waals surface area contributed by atoms with Crippen LogP contribution < -0.4 is 0 Å². The molecule has 0 unspecified atom stereocenters. The second kappa shape index (κ2) is 8.80. The second-order valence-electron chi connectivity index (χ2n) is 6.90. The zero-order valence-corrected chi connectivity index (χ0v) is 18.2. The van der Waals surface area contributed by atoms with E-state index < -0.39 is 15.8 Å². The van der Waals surface area contributed by atoms with E-state index in [0.717, 1.165) is 16.7 Å². The summed E-state index contributed by atoms with van der Waals surface area (Å²) in [5.74, 6) is 4.94. The maximum absolute atomic E-state index is 12.8. The highest BCUT2D eigenvalue weighted by atomic mass is 32.2. The molecule has 0 aliphatic heterocycles. The van der Waals surface area contributed by atoms with Gasteiger partial charge in [0.15, 0.2) is 0 Å². The lowest BCUT2D eigenvalue weighted by Gasteiger charge is -2.27. The molecule has 0 radical (unpaired) electrons. The number of nitrogens with zero attached hydrogens (tertiary/aromatic N) is 1. The van der Waals surface area contributed by atoms with Gasteiger partial charge in [-0.1, -0.05) is 47.2 Å². The summed E-state index contributed by atoms with van der Waals surface area (Å²) in [6, 6.07) is 14.3. The van der Waals surface area contributed by atoms with Gasteiger partial charge in [-0.05, 0) is 56.3 Å². The predicted molar refractivity (Wildman–Crippen MR) is 118 cm³/mol. The van der Waals surface area contributed by atoms with Gasteiger partial charge in [-0.15, -0.1) is 0 Å². The van der Waals surface area contributed by atoms with Crippen molar-refractivity contribution in [3.8, 4) is 11.8 Å². The molecule has 0 atom stereocenters. The Hall–Kier alpha value is -2.98. The number of ether oxygens (including phenoxy) is 2. The highest BCUT2D eigenvalue weighted by molar-refractivity contribution is 7.90. The summed E-state index contributed by atoms with van der Waals surface area (Å²) >= 11 is 0. The lowest BCUT2D eigenvalue weighted by atomic mass is 9.99.